The maximum atomic E-state index is 12.4. The van der Waals surface area contributed by atoms with Gasteiger partial charge in [0.25, 0.3) is 0 Å². The minimum Gasteiger partial charge on any atom is -0.481 e. The molecule has 0 heterocycles. The van der Waals surface area contributed by atoms with Crippen molar-refractivity contribution >= 4 is 35.1 Å². The largest absolute Gasteiger partial charge is 0.481 e. The fourth-order valence-electron chi connectivity index (χ4n) is 2.73. The van der Waals surface area contributed by atoms with Gasteiger partial charge in [0.2, 0.25) is 5.91 Å². The molecule has 0 aliphatic heterocycles. The molecule has 2 rings (SSSR count). The number of carboxylic acid groups (broad SMARTS) is 1. The van der Waals surface area contributed by atoms with Crippen molar-refractivity contribution in [1.82, 2.24) is 4.90 Å². The van der Waals surface area contributed by atoms with E-state index in [4.69, 9.17) is 28.3 Å². The minimum absolute atomic E-state index is 0.0234. The quantitative estimate of drug-likeness (QED) is 0.920. The van der Waals surface area contributed by atoms with Crippen LogP contribution in [0.2, 0.25) is 10.0 Å². The van der Waals surface area contributed by atoms with Crippen molar-refractivity contribution in [3.05, 3.63) is 33.8 Å². The van der Waals surface area contributed by atoms with Crippen LogP contribution in [0.25, 0.3) is 0 Å². The predicted octanol–water partition coefficient (Wildman–Crippen LogP) is 3.45. The van der Waals surface area contributed by atoms with Gasteiger partial charge in [-0.25, -0.2) is 0 Å². The van der Waals surface area contributed by atoms with Crippen LogP contribution in [0.1, 0.15) is 24.8 Å². The first-order chi connectivity index (χ1) is 9.88. The summed E-state index contributed by atoms with van der Waals surface area (Å²) in [7, 11) is 1.71. The van der Waals surface area contributed by atoms with Gasteiger partial charge < -0.3 is 10.0 Å². The summed E-state index contributed by atoms with van der Waals surface area (Å²) in [6.45, 7) is 0.392. The lowest BCUT2D eigenvalue weighted by molar-refractivity contribution is -0.141. The Bertz CT molecular complexity index is 562. The third-order valence-electron chi connectivity index (χ3n) is 3.93. The zero-order valence-electron chi connectivity index (χ0n) is 11.7. The maximum Gasteiger partial charge on any atom is 0.306 e. The summed E-state index contributed by atoms with van der Waals surface area (Å²) in [5, 5.41) is 10.1. The van der Waals surface area contributed by atoms with Crippen molar-refractivity contribution in [3.63, 3.8) is 0 Å². The molecule has 2 unspecified atom stereocenters. The standard InChI is InChI=1S/C15H17Cl2NO3/c1-18(8-11-4-5-12(16)7-13(11)17)14(19)9-2-3-10(6-9)15(20)21/h4-5,7,9-10H,2-3,6,8H2,1H3,(H,20,21). The summed E-state index contributed by atoms with van der Waals surface area (Å²) in [5.41, 5.74) is 0.824. The summed E-state index contributed by atoms with van der Waals surface area (Å²) in [6.07, 6.45) is 1.63. The lowest BCUT2D eigenvalue weighted by Crippen LogP contribution is -2.31. The molecule has 0 radical (unpaired) electrons. The first-order valence-electron chi connectivity index (χ1n) is 6.80. The lowest BCUT2D eigenvalue weighted by Gasteiger charge is -2.21. The SMILES string of the molecule is CN(Cc1ccc(Cl)cc1Cl)C(=O)C1CCC(C(=O)O)C1. The topological polar surface area (TPSA) is 57.6 Å². The highest BCUT2D eigenvalue weighted by atomic mass is 35.5. The molecule has 0 saturated heterocycles. The van der Waals surface area contributed by atoms with Gasteiger partial charge in [-0.05, 0) is 37.0 Å². The van der Waals surface area contributed by atoms with E-state index in [9.17, 15) is 9.59 Å². The van der Waals surface area contributed by atoms with Crippen LogP contribution in [0, 0.1) is 11.8 Å². The van der Waals surface area contributed by atoms with Gasteiger partial charge >= 0.3 is 5.97 Å². The van der Waals surface area contributed by atoms with Gasteiger partial charge in [0, 0.05) is 29.6 Å². The molecule has 2 atom stereocenters. The summed E-state index contributed by atoms with van der Waals surface area (Å²) < 4.78 is 0. The smallest absolute Gasteiger partial charge is 0.306 e. The van der Waals surface area contributed by atoms with Crippen molar-refractivity contribution in [2.24, 2.45) is 11.8 Å². The van der Waals surface area contributed by atoms with Crippen LogP contribution in [0.15, 0.2) is 18.2 Å². The molecule has 0 bridgehead atoms. The Hall–Kier alpha value is -1.26. The number of benzene rings is 1. The van der Waals surface area contributed by atoms with Crippen LogP contribution in [-0.2, 0) is 16.1 Å². The Morgan fingerprint density at radius 2 is 1.95 bits per heavy atom. The Kier molecular flexibility index (Phi) is 5.12. The zero-order chi connectivity index (χ0) is 15.6. The molecule has 0 aromatic heterocycles. The van der Waals surface area contributed by atoms with E-state index in [2.05, 4.69) is 0 Å². The number of hydrogen-bond acceptors (Lipinski definition) is 2. The summed E-state index contributed by atoms with van der Waals surface area (Å²) in [6, 6.07) is 5.17. The number of carbonyl (C=O) groups excluding carboxylic acids is 1. The van der Waals surface area contributed by atoms with Crippen LogP contribution in [-0.4, -0.2) is 28.9 Å². The van der Waals surface area contributed by atoms with Gasteiger partial charge in [0.05, 0.1) is 5.92 Å². The van der Waals surface area contributed by atoms with Gasteiger partial charge in [-0.1, -0.05) is 29.3 Å². The number of hydrogen-bond donors (Lipinski definition) is 1. The fraction of sp³-hybridized carbons (Fsp3) is 0.467. The highest BCUT2D eigenvalue weighted by Crippen LogP contribution is 2.32. The highest BCUT2D eigenvalue weighted by molar-refractivity contribution is 6.35. The molecule has 1 saturated carbocycles. The predicted molar refractivity (Wildman–Crippen MR) is 81.4 cm³/mol. The van der Waals surface area contributed by atoms with Crippen molar-refractivity contribution in [3.8, 4) is 0 Å². The summed E-state index contributed by atoms with van der Waals surface area (Å²) >= 11 is 11.9. The third kappa shape index (κ3) is 3.89. The molecular weight excluding hydrogens is 313 g/mol. The average Bonchev–Trinajstić information content (AvgIpc) is 2.90. The van der Waals surface area contributed by atoms with E-state index in [1.54, 1.807) is 30.1 Å². The number of carboxylic acids is 1. The number of rotatable bonds is 4. The second-order valence-electron chi connectivity index (χ2n) is 5.48. The van der Waals surface area contributed by atoms with Gasteiger partial charge in [-0.3, -0.25) is 9.59 Å². The van der Waals surface area contributed by atoms with E-state index in [-0.39, 0.29) is 11.8 Å². The van der Waals surface area contributed by atoms with Crippen LogP contribution >= 0.6 is 23.2 Å². The number of amides is 1. The lowest BCUT2D eigenvalue weighted by atomic mass is 10.0. The average molecular weight is 330 g/mol. The molecule has 1 amide bonds. The Morgan fingerprint density at radius 1 is 1.29 bits per heavy atom. The first kappa shape index (κ1) is 16.1. The number of nitrogens with zero attached hydrogens (tertiary/aromatic N) is 1. The molecule has 1 aromatic carbocycles. The van der Waals surface area contributed by atoms with Crippen LogP contribution < -0.4 is 0 Å². The van der Waals surface area contributed by atoms with Gasteiger partial charge in [0.15, 0.2) is 0 Å². The van der Waals surface area contributed by atoms with E-state index < -0.39 is 11.9 Å². The Labute approximate surface area is 133 Å². The molecule has 6 heteroatoms. The number of carbonyl (C=O) groups is 2. The van der Waals surface area contributed by atoms with E-state index >= 15 is 0 Å². The number of halogens is 2. The normalized spacial score (nSPS) is 21.3. The summed E-state index contributed by atoms with van der Waals surface area (Å²) in [4.78, 5) is 24.9. The maximum absolute atomic E-state index is 12.4. The fourth-order valence-corrected chi connectivity index (χ4v) is 3.19. The number of aliphatic carboxylic acids is 1. The van der Waals surface area contributed by atoms with Crippen molar-refractivity contribution in [2.75, 3.05) is 7.05 Å². The molecule has 21 heavy (non-hydrogen) atoms. The molecule has 114 valence electrons. The second-order valence-corrected chi connectivity index (χ2v) is 6.32. The van der Waals surface area contributed by atoms with Crippen LogP contribution in [0.4, 0.5) is 0 Å². The van der Waals surface area contributed by atoms with Gasteiger partial charge in [-0.15, -0.1) is 0 Å². The van der Waals surface area contributed by atoms with E-state index in [1.165, 1.54) is 0 Å². The molecule has 1 aliphatic carbocycles. The van der Waals surface area contributed by atoms with E-state index in [0.717, 1.165) is 5.56 Å². The molecule has 0 spiro atoms. The molecule has 1 N–H and O–H groups in total. The molecule has 1 fully saturated rings. The van der Waals surface area contributed by atoms with Crippen LogP contribution in [0.3, 0.4) is 0 Å². The van der Waals surface area contributed by atoms with Gasteiger partial charge in [0.1, 0.15) is 0 Å². The van der Waals surface area contributed by atoms with Crippen molar-refractivity contribution in [2.45, 2.75) is 25.8 Å². The zero-order valence-corrected chi connectivity index (χ0v) is 13.2. The van der Waals surface area contributed by atoms with Crippen molar-refractivity contribution in [1.29, 1.82) is 0 Å². The third-order valence-corrected chi connectivity index (χ3v) is 4.52. The Balaban J connectivity index is 1.98. The van der Waals surface area contributed by atoms with E-state index in [1.807, 2.05) is 0 Å². The molecule has 1 aromatic rings. The first-order valence-corrected chi connectivity index (χ1v) is 7.55. The Morgan fingerprint density at radius 3 is 2.52 bits per heavy atom. The monoisotopic (exact) mass is 329 g/mol. The van der Waals surface area contributed by atoms with Gasteiger partial charge in [-0.2, -0.15) is 0 Å². The molecule has 4 nitrogen and oxygen atoms in total. The highest BCUT2D eigenvalue weighted by Gasteiger charge is 2.35. The van der Waals surface area contributed by atoms with Crippen LogP contribution in [0.5, 0.6) is 0 Å². The summed E-state index contributed by atoms with van der Waals surface area (Å²) in [5.74, 6) is -1.44. The minimum atomic E-state index is -0.811. The second kappa shape index (κ2) is 6.67. The van der Waals surface area contributed by atoms with E-state index in [0.29, 0.717) is 35.9 Å². The molecular formula is C15H17Cl2NO3. The molecule has 1 aliphatic rings. The van der Waals surface area contributed by atoms with Crippen molar-refractivity contribution < 1.29 is 14.7 Å².